The molecule has 0 spiro atoms. The number of carbonyl (C=O) groups excluding carboxylic acids is 1. The molecule has 1 aromatic carbocycles. The summed E-state index contributed by atoms with van der Waals surface area (Å²) in [5.74, 6) is 0.872. The Morgan fingerprint density at radius 1 is 1.43 bits per heavy atom. The molecule has 0 saturated carbocycles. The molecule has 0 saturated heterocycles. The zero-order valence-electron chi connectivity index (χ0n) is 12.7. The summed E-state index contributed by atoms with van der Waals surface area (Å²) in [7, 11) is 1.42. The highest BCUT2D eigenvalue weighted by molar-refractivity contribution is 8.14. The Bertz CT molecular complexity index is 502. The molecule has 0 radical (unpaired) electrons. The van der Waals surface area contributed by atoms with E-state index in [2.05, 4.69) is 22.4 Å². The first-order valence-electron chi connectivity index (χ1n) is 7.19. The van der Waals surface area contributed by atoms with Crippen molar-refractivity contribution in [3.05, 3.63) is 35.9 Å². The number of hydrogen-bond donors (Lipinski definition) is 1. The quantitative estimate of drug-likeness (QED) is 0.849. The fraction of sp³-hybridized carbons (Fsp3) is 0.500. The number of rotatable bonds is 5. The van der Waals surface area contributed by atoms with Gasteiger partial charge in [0.2, 0.25) is 0 Å². The number of hydrogen-bond acceptors (Lipinski definition) is 5. The lowest BCUT2D eigenvalue weighted by molar-refractivity contribution is -0.143. The molecule has 2 atom stereocenters. The molecule has 0 bridgehead atoms. The Morgan fingerprint density at radius 2 is 2.14 bits per heavy atom. The predicted molar refractivity (Wildman–Crippen MR) is 87.6 cm³/mol. The van der Waals surface area contributed by atoms with Crippen molar-refractivity contribution < 1.29 is 9.53 Å². The van der Waals surface area contributed by atoms with Gasteiger partial charge in [-0.15, -0.1) is 0 Å². The van der Waals surface area contributed by atoms with Gasteiger partial charge in [-0.3, -0.25) is 4.99 Å². The molecule has 2 unspecified atom stereocenters. The van der Waals surface area contributed by atoms with Crippen LogP contribution in [0, 0.1) is 5.92 Å². The van der Waals surface area contributed by atoms with Crippen LogP contribution in [0.25, 0.3) is 0 Å². The minimum Gasteiger partial charge on any atom is -0.467 e. The van der Waals surface area contributed by atoms with E-state index >= 15 is 0 Å². The van der Waals surface area contributed by atoms with Gasteiger partial charge in [0.15, 0.2) is 5.17 Å². The average Bonchev–Trinajstić information content (AvgIpc) is 2.92. The van der Waals surface area contributed by atoms with E-state index in [1.165, 1.54) is 12.7 Å². The van der Waals surface area contributed by atoms with Crippen LogP contribution in [0.3, 0.4) is 0 Å². The van der Waals surface area contributed by atoms with Gasteiger partial charge < -0.3 is 10.1 Å². The highest BCUT2D eigenvalue weighted by Gasteiger charge is 2.27. The second kappa shape index (κ2) is 7.50. The number of thioether (sulfide) groups is 1. The lowest BCUT2D eigenvalue weighted by Crippen LogP contribution is -2.43. The number of benzene rings is 1. The summed E-state index contributed by atoms with van der Waals surface area (Å²) in [6.45, 7) is 3.99. The van der Waals surface area contributed by atoms with Crippen LogP contribution in [0.4, 0.5) is 0 Å². The number of esters is 1. The van der Waals surface area contributed by atoms with Crippen molar-refractivity contribution in [1.82, 2.24) is 5.32 Å². The number of aliphatic imine (C=N–C) groups is 1. The van der Waals surface area contributed by atoms with Crippen LogP contribution in [-0.4, -0.2) is 36.1 Å². The number of ether oxygens (including phenoxy) is 1. The summed E-state index contributed by atoms with van der Waals surface area (Å²) < 4.78 is 4.84. The van der Waals surface area contributed by atoms with Crippen LogP contribution in [0.5, 0.6) is 0 Å². The molecule has 2 rings (SSSR count). The number of carbonyl (C=O) groups is 1. The van der Waals surface area contributed by atoms with Crippen LogP contribution in [0.2, 0.25) is 0 Å². The number of nitrogens with one attached hydrogen (secondary N) is 1. The van der Waals surface area contributed by atoms with Gasteiger partial charge in [-0.05, 0) is 17.9 Å². The molecule has 5 heteroatoms. The van der Waals surface area contributed by atoms with Crippen LogP contribution < -0.4 is 5.32 Å². The third-order valence-corrected chi connectivity index (χ3v) is 4.48. The van der Waals surface area contributed by atoms with Gasteiger partial charge >= 0.3 is 5.97 Å². The minimum atomic E-state index is -0.336. The summed E-state index contributed by atoms with van der Waals surface area (Å²) in [6, 6.07) is 10.3. The Balaban J connectivity index is 1.95. The van der Waals surface area contributed by atoms with Gasteiger partial charge in [0, 0.05) is 5.75 Å². The van der Waals surface area contributed by atoms with Crippen molar-refractivity contribution in [2.24, 2.45) is 10.9 Å². The zero-order chi connectivity index (χ0) is 15.2. The lowest BCUT2D eigenvalue weighted by Gasteiger charge is -2.20. The Hall–Kier alpha value is -1.49. The van der Waals surface area contributed by atoms with E-state index in [0.29, 0.717) is 0 Å². The molecule has 0 amide bonds. The van der Waals surface area contributed by atoms with E-state index in [1.807, 2.05) is 32.0 Å². The maximum Gasteiger partial charge on any atom is 0.328 e. The van der Waals surface area contributed by atoms with E-state index in [9.17, 15) is 4.79 Å². The number of nitrogens with zero attached hydrogens (tertiary/aromatic N) is 1. The maximum atomic E-state index is 11.8. The van der Waals surface area contributed by atoms with Crippen molar-refractivity contribution in [2.75, 3.05) is 12.9 Å². The SMILES string of the molecule is COC(=O)C(NC1=NC(Cc2ccccc2)CS1)C(C)C. The summed E-state index contributed by atoms with van der Waals surface area (Å²) in [6.07, 6.45) is 0.934. The molecule has 21 heavy (non-hydrogen) atoms. The number of methoxy groups -OCH3 is 1. The summed E-state index contributed by atoms with van der Waals surface area (Å²) in [5.41, 5.74) is 1.29. The largest absolute Gasteiger partial charge is 0.467 e. The molecule has 114 valence electrons. The third kappa shape index (κ3) is 4.49. The van der Waals surface area contributed by atoms with E-state index < -0.39 is 0 Å². The van der Waals surface area contributed by atoms with E-state index in [1.54, 1.807) is 11.8 Å². The van der Waals surface area contributed by atoms with Gasteiger partial charge in [-0.1, -0.05) is 55.9 Å². The van der Waals surface area contributed by atoms with Gasteiger partial charge in [0.25, 0.3) is 0 Å². The van der Waals surface area contributed by atoms with Crippen LogP contribution in [0.1, 0.15) is 19.4 Å². The first kappa shape index (κ1) is 15.9. The second-order valence-electron chi connectivity index (χ2n) is 5.48. The first-order valence-corrected chi connectivity index (χ1v) is 8.17. The van der Waals surface area contributed by atoms with E-state index in [4.69, 9.17) is 4.74 Å². The first-order chi connectivity index (χ1) is 10.1. The van der Waals surface area contributed by atoms with Crippen molar-refractivity contribution >= 4 is 22.9 Å². The Morgan fingerprint density at radius 3 is 2.76 bits per heavy atom. The summed E-state index contributed by atoms with van der Waals surface area (Å²) in [4.78, 5) is 16.4. The highest BCUT2D eigenvalue weighted by Crippen LogP contribution is 2.21. The molecule has 1 aliphatic heterocycles. The average molecular weight is 306 g/mol. The van der Waals surface area contributed by atoms with Crippen molar-refractivity contribution in [3.8, 4) is 0 Å². The Kier molecular flexibility index (Phi) is 5.67. The van der Waals surface area contributed by atoms with Crippen molar-refractivity contribution in [3.63, 3.8) is 0 Å². The monoisotopic (exact) mass is 306 g/mol. The third-order valence-electron chi connectivity index (χ3n) is 3.43. The molecular formula is C16H22N2O2S. The molecule has 4 nitrogen and oxygen atoms in total. The van der Waals surface area contributed by atoms with Crippen LogP contribution >= 0.6 is 11.8 Å². The fourth-order valence-corrected chi connectivity index (χ4v) is 3.22. The summed E-state index contributed by atoms with van der Waals surface area (Å²) >= 11 is 1.67. The lowest BCUT2D eigenvalue weighted by atomic mass is 10.1. The van der Waals surface area contributed by atoms with Crippen LogP contribution in [0.15, 0.2) is 35.3 Å². The van der Waals surface area contributed by atoms with Gasteiger partial charge in [0.1, 0.15) is 6.04 Å². The summed E-state index contributed by atoms with van der Waals surface area (Å²) in [5, 5.41) is 4.07. The standard InChI is InChI=1S/C16H22N2O2S/c1-11(2)14(15(19)20-3)18-16-17-13(10-21-16)9-12-7-5-4-6-8-12/h4-8,11,13-14H,9-10H2,1-3H3,(H,17,18). The molecule has 0 aromatic heterocycles. The topological polar surface area (TPSA) is 50.7 Å². The Labute approximate surface area is 130 Å². The normalized spacial score (nSPS) is 19.2. The maximum absolute atomic E-state index is 11.8. The van der Waals surface area contributed by atoms with Crippen molar-refractivity contribution in [1.29, 1.82) is 0 Å². The van der Waals surface area contributed by atoms with Gasteiger partial charge in [0.05, 0.1) is 13.2 Å². The van der Waals surface area contributed by atoms with E-state index in [0.717, 1.165) is 17.3 Å². The minimum absolute atomic E-state index is 0.161. The molecule has 1 aromatic rings. The fourth-order valence-electron chi connectivity index (χ4n) is 2.24. The van der Waals surface area contributed by atoms with Crippen molar-refractivity contribution in [2.45, 2.75) is 32.4 Å². The van der Waals surface area contributed by atoms with Crippen LogP contribution in [-0.2, 0) is 16.0 Å². The molecule has 0 fully saturated rings. The molecule has 0 aliphatic carbocycles. The predicted octanol–water partition coefficient (Wildman–Crippen LogP) is 2.49. The number of amidine groups is 1. The van der Waals surface area contributed by atoms with Gasteiger partial charge in [-0.25, -0.2) is 4.79 Å². The smallest absolute Gasteiger partial charge is 0.328 e. The van der Waals surface area contributed by atoms with E-state index in [-0.39, 0.29) is 24.0 Å². The molecular weight excluding hydrogens is 284 g/mol. The molecule has 1 heterocycles. The molecule has 1 N–H and O–H groups in total. The zero-order valence-corrected chi connectivity index (χ0v) is 13.5. The highest BCUT2D eigenvalue weighted by atomic mass is 32.2. The molecule has 1 aliphatic rings. The second-order valence-corrected chi connectivity index (χ2v) is 6.49. The van der Waals surface area contributed by atoms with Gasteiger partial charge in [-0.2, -0.15) is 0 Å².